The van der Waals surface area contributed by atoms with Crippen LogP contribution >= 0.6 is 11.8 Å². The number of hydrogen-bond acceptors (Lipinski definition) is 5. The van der Waals surface area contributed by atoms with Crippen LogP contribution in [0.15, 0.2) is 57.3 Å². The van der Waals surface area contributed by atoms with Gasteiger partial charge in [-0.2, -0.15) is 8.42 Å². The third-order valence-corrected chi connectivity index (χ3v) is 8.92. The lowest BCUT2D eigenvalue weighted by atomic mass is 9.95. The summed E-state index contributed by atoms with van der Waals surface area (Å²) >= 11 is 1.69. The first-order chi connectivity index (χ1) is 16.2. The van der Waals surface area contributed by atoms with Crippen LogP contribution in [0.2, 0.25) is 0 Å². The molecule has 2 aliphatic heterocycles. The summed E-state index contributed by atoms with van der Waals surface area (Å²) in [6.07, 6.45) is 3.38. The number of likely N-dealkylation sites (tertiary alicyclic amines) is 1. The van der Waals surface area contributed by atoms with E-state index >= 15 is 0 Å². The molecule has 1 N–H and O–H groups in total. The zero-order valence-corrected chi connectivity index (χ0v) is 21.7. The Morgan fingerprint density at radius 3 is 2.35 bits per heavy atom. The summed E-state index contributed by atoms with van der Waals surface area (Å²) in [5, 5.41) is 3.05. The number of rotatable bonds is 5. The van der Waals surface area contributed by atoms with Gasteiger partial charge in [0.1, 0.15) is 10.7 Å². The second-order valence-electron chi connectivity index (χ2n) is 8.97. The normalized spacial score (nSPS) is 18.2. The summed E-state index contributed by atoms with van der Waals surface area (Å²) in [5.41, 5.74) is 4.61. The van der Waals surface area contributed by atoms with E-state index in [9.17, 15) is 13.2 Å². The van der Waals surface area contributed by atoms with Gasteiger partial charge in [-0.3, -0.25) is 4.79 Å². The van der Waals surface area contributed by atoms with Gasteiger partial charge in [-0.05, 0) is 74.3 Å². The monoisotopic (exact) mass is 497 g/mol. The highest BCUT2D eigenvalue weighted by molar-refractivity contribution is 8.00. The number of hydrogen-bond donors (Lipinski definition) is 1. The van der Waals surface area contributed by atoms with Crippen molar-refractivity contribution in [1.82, 2.24) is 10.2 Å². The number of amidine groups is 1. The fourth-order valence-electron chi connectivity index (χ4n) is 4.50. The molecule has 0 aromatic heterocycles. The molecule has 1 saturated heterocycles. The number of carbonyl (C=O) groups is 1. The van der Waals surface area contributed by atoms with Crippen LogP contribution in [0.4, 0.5) is 0 Å². The number of nitrogens with one attached hydrogen (secondary N) is 1. The summed E-state index contributed by atoms with van der Waals surface area (Å²) in [6, 6.07) is 13.9. The fraction of sp³-hybridized carbons (Fsp3) is 0.385. The minimum absolute atomic E-state index is 0.0534. The average Bonchev–Trinajstić information content (AvgIpc) is 3.08. The Balaban J connectivity index is 1.39. The molecule has 6 nitrogen and oxygen atoms in total. The predicted molar refractivity (Wildman–Crippen MR) is 139 cm³/mol. The van der Waals surface area contributed by atoms with Crippen LogP contribution in [0.3, 0.4) is 0 Å². The Morgan fingerprint density at radius 1 is 1.06 bits per heavy atom. The first kappa shape index (κ1) is 24.5. The summed E-state index contributed by atoms with van der Waals surface area (Å²) in [6.45, 7) is 7.54. The van der Waals surface area contributed by atoms with Crippen molar-refractivity contribution in [3.05, 3.63) is 70.3 Å². The van der Waals surface area contributed by atoms with Crippen LogP contribution in [0.25, 0.3) is 4.91 Å². The number of benzene rings is 2. The third kappa shape index (κ3) is 5.08. The van der Waals surface area contributed by atoms with Gasteiger partial charge in [0.15, 0.2) is 0 Å². The van der Waals surface area contributed by atoms with E-state index in [1.54, 1.807) is 11.8 Å². The predicted octanol–water partition coefficient (Wildman–Crippen LogP) is 4.53. The van der Waals surface area contributed by atoms with Crippen LogP contribution in [0.1, 0.15) is 42.0 Å². The molecule has 0 aliphatic carbocycles. The minimum Gasteiger partial charge on any atom is -0.356 e. The molecule has 0 atom stereocenters. The van der Waals surface area contributed by atoms with Crippen LogP contribution in [-0.4, -0.2) is 44.4 Å². The zero-order chi connectivity index (χ0) is 24.5. The molecule has 0 saturated carbocycles. The van der Waals surface area contributed by atoms with Gasteiger partial charge >= 0.3 is 0 Å². The van der Waals surface area contributed by atoms with E-state index in [-0.39, 0.29) is 16.7 Å². The summed E-state index contributed by atoms with van der Waals surface area (Å²) in [5.74, 6) is 0.488. The Hall–Kier alpha value is -2.58. The van der Waals surface area contributed by atoms with E-state index < -0.39 is 10.0 Å². The van der Waals surface area contributed by atoms with Crippen molar-refractivity contribution in [2.45, 2.75) is 45.1 Å². The largest absolute Gasteiger partial charge is 0.356 e. The molecule has 1 amide bonds. The standard InChI is InChI=1S/C26H31N3O3S2/c1-17-5-8-22(15-18(17)2)24-19(3)25(28-34(24,31)32)29-13-11-21(12-14-29)26(30)27-16-20-6-9-23(33-4)10-7-20/h5-10,15,21H,11-14,16H2,1-4H3,(H,27,30). The molecule has 0 radical (unpaired) electrons. The maximum atomic E-state index is 12.9. The lowest BCUT2D eigenvalue weighted by Gasteiger charge is -2.32. The van der Waals surface area contributed by atoms with Gasteiger partial charge in [-0.1, -0.05) is 30.3 Å². The van der Waals surface area contributed by atoms with Crippen molar-refractivity contribution in [2.24, 2.45) is 10.3 Å². The van der Waals surface area contributed by atoms with E-state index in [1.807, 2.05) is 62.3 Å². The number of aryl methyl sites for hydroxylation is 2. The quantitative estimate of drug-likeness (QED) is 0.614. The van der Waals surface area contributed by atoms with Gasteiger partial charge < -0.3 is 10.2 Å². The van der Waals surface area contributed by atoms with E-state index in [4.69, 9.17) is 0 Å². The third-order valence-electron chi connectivity index (χ3n) is 6.70. The van der Waals surface area contributed by atoms with Crippen molar-refractivity contribution in [3.8, 4) is 0 Å². The maximum Gasteiger partial charge on any atom is 0.285 e. The molecule has 180 valence electrons. The molecular formula is C26H31N3O3S2. The Kier molecular flexibility index (Phi) is 7.19. The smallest absolute Gasteiger partial charge is 0.285 e. The van der Waals surface area contributed by atoms with Crippen molar-refractivity contribution in [1.29, 1.82) is 0 Å². The molecule has 0 unspecified atom stereocenters. The molecule has 2 aromatic rings. The summed E-state index contributed by atoms with van der Waals surface area (Å²) < 4.78 is 30.0. The minimum atomic E-state index is -3.75. The Labute approximate surface area is 206 Å². The van der Waals surface area contributed by atoms with Crippen LogP contribution in [-0.2, 0) is 21.4 Å². The van der Waals surface area contributed by atoms with Gasteiger partial charge in [-0.15, -0.1) is 16.2 Å². The van der Waals surface area contributed by atoms with Crippen molar-refractivity contribution in [2.75, 3.05) is 19.3 Å². The van der Waals surface area contributed by atoms with Gasteiger partial charge in [-0.25, -0.2) is 0 Å². The van der Waals surface area contributed by atoms with Crippen molar-refractivity contribution < 1.29 is 13.2 Å². The molecule has 4 rings (SSSR count). The molecule has 2 aliphatic rings. The highest BCUT2D eigenvalue weighted by Gasteiger charge is 2.35. The zero-order valence-electron chi connectivity index (χ0n) is 20.1. The molecule has 0 spiro atoms. The van der Waals surface area contributed by atoms with Gasteiger partial charge in [0.05, 0.1) is 0 Å². The first-order valence-corrected chi connectivity index (χ1v) is 14.2. The Morgan fingerprint density at radius 2 is 1.74 bits per heavy atom. The van der Waals surface area contributed by atoms with Gasteiger partial charge in [0, 0.05) is 36.0 Å². The van der Waals surface area contributed by atoms with E-state index in [0.29, 0.717) is 49.4 Å². The van der Waals surface area contributed by atoms with E-state index in [1.165, 1.54) is 4.90 Å². The second kappa shape index (κ2) is 9.96. The molecule has 1 fully saturated rings. The number of piperidine rings is 1. The summed E-state index contributed by atoms with van der Waals surface area (Å²) in [4.78, 5) is 16.2. The molecule has 0 bridgehead atoms. The van der Waals surface area contributed by atoms with Crippen molar-refractivity contribution >= 4 is 38.4 Å². The molecule has 2 heterocycles. The van der Waals surface area contributed by atoms with Crippen LogP contribution < -0.4 is 5.32 Å². The number of nitrogens with zero attached hydrogens (tertiary/aromatic N) is 2. The highest BCUT2D eigenvalue weighted by Crippen LogP contribution is 2.35. The second-order valence-corrected chi connectivity index (χ2v) is 11.4. The maximum absolute atomic E-state index is 12.9. The molecule has 8 heteroatoms. The van der Waals surface area contributed by atoms with Crippen LogP contribution in [0, 0.1) is 19.8 Å². The molecular weight excluding hydrogens is 466 g/mol. The molecule has 34 heavy (non-hydrogen) atoms. The number of sulfonamides is 1. The topological polar surface area (TPSA) is 78.8 Å². The average molecular weight is 498 g/mol. The number of carbonyl (C=O) groups excluding carboxylic acids is 1. The lowest BCUT2D eigenvalue weighted by Crippen LogP contribution is -2.43. The van der Waals surface area contributed by atoms with Crippen LogP contribution in [0.5, 0.6) is 0 Å². The van der Waals surface area contributed by atoms with Crippen molar-refractivity contribution in [3.63, 3.8) is 0 Å². The first-order valence-electron chi connectivity index (χ1n) is 11.5. The fourth-order valence-corrected chi connectivity index (χ4v) is 6.38. The highest BCUT2D eigenvalue weighted by atomic mass is 32.2. The number of thioether (sulfide) groups is 1. The lowest BCUT2D eigenvalue weighted by molar-refractivity contribution is -0.126. The Bertz CT molecular complexity index is 1260. The SMILES string of the molecule is CSc1ccc(CNC(=O)C2CCN(C3=NS(=O)(=O)C(c4ccc(C)c(C)c4)=C3C)CC2)cc1. The van der Waals surface area contributed by atoms with Gasteiger partial charge in [0.2, 0.25) is 5.91 Å². The summed E-state index contributed by atoms with van der Waals surface area (Å²) in [7, 11) is -3.75. The molecule has 2 aromatic carbocycles. The number of amides is 1. The van der Waals surface area contributed by atoms with E-state index in [0.717, 1.165) is 16.7 Å². The van der Waals surface area contributed by atoms with Gasteiger partial charge in [0.25, 0.3) is 10.0 Å². The van der Waals surface area contributed by atoms with E-state index in [2.05, 4.69) is 21.8 Å².